The smallest absolute Gasteiger partial charge is 0.462 e. The molecule has 1 fully saturated rings. The van der Waals surface area contributed by atoms with Gasteiger partial charge in [-0.15, -0.1) is 0 Å². The van der Waals surface area contributed by atoms with Crippen LogP contribution in [0.15, 0.2) is 59.5 Å². The molecular weight excluding hydrogens is 327 g/mol. The lowest BCUT2D eigenvalue weighted by molar-refractivity contribution is 0.00578. The molecule has 0 aliphatic carbocycles. The van der Waals surface area contributed by atoms with E-state index < -0.39 is 18.3 Å². The summed E-state index contributed by atoms with van der Waals surface area (Å²) in [5.41, 5.74) is 2.36. The predicted octanol–water partition coefficient (Wildman–Crippen LogP) is 3.70. The summed E-state index contributed by atoms with van der Waals surface area (Å²) in [6.45, 7) is 8.14. The van der Waals surface area contributed by atoms with Gasteiger partial charge >= 0.3 is 7.12 Å². The average Bonchev–Trinajstić information content (AvgIpc) is 3.15. The number of hydrogen-bond donors (Lipinski definition) is 0. The lowest BCUT2D eigenvalue weighted by Crippen LogP contribution is -2.41. The molecule has 1 aliphatic heterocycles. The van der Waals surface area contributed by atoms with Crippen molar-refractivity contribution in [2.24, 2.45) is 0 Å². The number of nitrogens with zero attached hydrogens (tertiary/aromatic N) is 2. The van der Waals surface area contributed by atoms with Crippen LogP contribution >= 0.6 is 0 Å². The second-order valence-electron chi connectivity index (χ2n) is 7.41. The summed E-state index contributed by atoms with van der Waals surface area (Å²) in [6, 6.07) is 11.5. The molecule has 132 valence electrons. The molecule has 26 heavy (non-hydrogen) atoms. The lowest BCUT2D eigenvalue weighted by atomic mass is 9.77. The first-order valence-corrected chi connectivity index (χ1v) is 8.69. The number of aromatic nitrogens is 2. The Balaban J connectivity index is 1.86. The molecule has 0 aromatic carbocycles. The molecule has 0 bridgehead atoms. The summed E-state index contributed by atoms with van der Waals surface area (Å²) in [7, 11) is -0.529. The van der Waals surface area contributed by atoms with Crippen molar-refractivity contribution in [1.82, 2.24) is 9.97 Å². The molecule has 0 saturated carbocycles. The van der Waals surface area contributed by atoms with Crippen molar-refractivity contribution < 1.29 is 13.7 Å². The maximum Gasteiger partial charge on any atom is 0.498 e. The molecule has 0 radical (unpaired) electrons. The van der Waals surface area contributed by atoms with Crippen LogP contribution in [-0.2, 0) is 9.31 Å². The van der Waals surface area contributed by atoms with Gasteiger partial charge in [0.25, 0.3) is 0 Å². The maximum absolute atomic E-state index is 6.23. The zero-order valence-corrected chi connectivity index (χ0v) is 15.4. The molecule has 0 spiro atoms. The van der Waals surface area contributed by atoms with Gasteiger partial charge in [0, 0.05) is 23.4 Å². The van der Waals surface area contributed by atoms with Crippen molar-refractivity contribution in [2.45, 2.75) is 38.9 Å². The normalized spacial score (nSPS) is 18.2. The predicted molar refractivity (Wildman–Crippen MR) is 101 cm³/mol. The van der Waals surface area contributed by atoms with E-state index in [-0.39, 0.29) is 0 Å². The molecule has 4 rings (SSSR count). The highest BCUT2D eigenvalue weighted by Gasteiger charge is 2.53. The first-order valence-electron chi connectivity index (χ1n) is 8.69. The molecule has 0 atom stereocenters. The van der Waals surface area contributed by atoms with E-state index in [1.54, 1.807) is 18.7 Å². The fourth-order valence-corrected chi connectivity index (χ4v) is 2.98. The molecule has 1 saturated heterocycles. The molecule has 0 N–H and O–H groups in total. The van der Waals surface area contributed by atoms with Crippen LogP contribution in [0.5, 0.6) is 0 Å². The van der Waals surface area contributed by atoms with Crippen LogP contribution in [0.1, 0.15) is 27.7 Å². The molecule has 1 aliphatic rings. The molecule has 5 nitrogen and oxygen atoms in total. The first kappa shape index (κ1) is 17.0. The van der Waals surface area contributed by atoms with E-state index in [2.05, 4.69) is 9.97 Å². The van der Waals surface area contributed by atoms with E-state index in [4.69, 9.17) is 13.7 Å². The minimum atomic E-state index is -0.529. The van der Waals surface area contributed by atoms with Crippen molar-refractivity contribution in [3.63, 3.8) is 0 Å². The van der Waals surface area contributed by atoms with E-state index in [1.807, 2.05) is 64.1 Å². The van der Waals surface area contributed by atoms with E-state index in [9.17, 15) is 0 Å². The Labute approximate surface area is 153 Å². The van der Waals surface area contributed by atoms with Crippen LogP contribution < -0.4 is 5.46 Å². The van der Waals surface area contributed by atoms with Crippen LogP contribution in [0.2, 0.25) is 0 Å². The third kappa shape index (κ3) is 2.75. The van der Waals surface area contributed by atoms with Crippen LogP contribution in [0.25, 0.3) is 22.7 Å². The van der Waals surface area contributed by atoms with Gasteiger partial charge in [-0.3, -0.25) is 9.97 Å². The molecule has 0 unspecified atom stereocenters. The van der Waals surface area contributed by atoms with Gasteiger partial charge in [-0.2, -0.15) is 0 Å². The van der Waals surface area contributed by atoms with Crippen molar-refractivity contribution in [2.75, 3.05) is 0 Å². The highest BCUT2D eigenvalue weighted by atomic mass is 16.7. The monoisotopic (exact) mass is 348 g/mol. The Kier molecular flexibility index (Phi) is 3.97. The molecule has 6 heteroatoms. The van der Waals surface area contributed by atoms with E-state index in [1.165, 1.54) is 0 Å². The zero-order chi connectivity index (χ0) is 18.4. The average molecular weight is 348 g/mol. The third-order valence-corrected chi connectivity index (χ3v) is 5.15. The molecule has 4 heterocycles. The molecule has 3 aromatic rings. The van der Waals surface area contributed by atoms with Crippen LogP contribution in [0, 0.1) is 0 Å². The van der Waals surface area contributed by atoms with Crippen molar-refractivity contribution in [1.29, 1.82) is 0 Å². The van der Waals surface area contributed by atoms with Gasteiger partial charge in [0.1, 0.15) is 5.69 Å². The van der Waals surface area contributed by atoms with Gasteiger partial charge in [0.2, 0.25) is 0 Å². The minimum absolute atomic E-state index is 0.429. The Hall–Kier alpha value is -2.44. The Bertz CT molecular complexity index is 891. The van der Waals surface area contributed by atoms with E-state index >= 15 is 0 Å². The van der Waals surface area contributed by atoms with Gasteiger partial charge in [-0.1, -0.05) is 12.1 Å². The summed E-state index contributed by atoms with van der Waals surface area (Å²) in [6.07, 6.45) is 5.20. The number of hydrogen-bond acceptors (Lipinski definition) is 5. The summed E-state index contributed by atoms with van der Waals surface area (Å²) in [4.78, 5) is 8.94. The van der Waals surface area contributed by atoms with Crippen LogP contribution in [-0.4, -0.2) is 28.3 Å². The van der Waals surface area contributed by atoms with Crippen LogP contribution in [0.4, 0.5) is 0 Å². The fourth-order valence-electron chi connectivity index (χ4n) is 2.98. The van der Waals surface area contributed by atoms with Crippen LogP contribution in [0.3, 0.4) is 0 Å². The topological polar surface area (TPSA) is 57.4 Å². The van der Waals surface area contributed by atoms with Gasteiger partial charge in [0.15, 0.2) is 5.76 Å². The second kappa shape index (κ2) is 6.07. The van der Waals surface area contributed by atoms with Crippen molar-refractivity contribution in [3.05, 3.63) is 55.1 Å². The molecule has 3 aromatic heterocycles. The van der Waals surface area contributed by atoms with E-state index in [0.29, 0.717) is 5.76 Å². The Morgan fingerprint density at radius 1 is 0.808 bits per heavy atom. The highest BCUT2D eigenvalue weighted by Crippen LogP contribution is 2.38. The van der Waals surface area contributed by atoms with Gasteiger partial charge in [-0.25, -0.2) is 0 Å². The first-order chi connectivity index (χ1) is 12.4. The van der Waals surface area contributed by atoms with E-state index in [0.717, 1.165) is 22.4 Å². The quantitative estimate of drug-likeness (QED) is 0.676. The SMILES string of the molecule is CC1(C)OB(c2coc(-c3ccccn3)c2-c2ccccn2)OC1(C)C. The Morgan fingerprint density at radius 3 is 1.92 bits per heavy atom. The Morgan fingerprint density at radius 2 is 1.38 bits per heavy atom. The summed E-state index contributed by atoms with van der Waals surface area (Å²) in [5, 5.41) is 0. The third-order valence-electron chi connectivity index (χ3n) is 5.15. The highest BCUT2D eigenvalue weighted by molar-refractivity contribution is 6.64. The largest absolute Gasteiger partial charge is 0.498 e. The fraction of sp³-hybridized carbons (Fsp3) is 0.300. The minimum Gasteiger partial charge on any atom is -0.462 e. The zero-order valence-electron chi connectivity index (χ0n) is 15.4. The van der Waals surface area contributed by atoms with Gasteiger partial charge in [0.05, 0.1) is 23.2 Å². The lowest BCUT2D eigenvalue weighted by Gasteiger charge is -2.32. The maximum atomic E-state index is 6.23. The summed E-state index contributed by atoms with van der Waals surface area (Å²) in [5.74, 6) is 0.661. The number of pyridine rings is 2. The molecular formula is C20H21BN2O3. The summed E-state index contributed by atoms with van der Waals surface area (Å²) < 4.78 is 18.4. The standard InChI is InChI=1S/C20H21BN2O3/c1-19(2)20(3,4)26-21(25-19)14-13-24-18(16-10-6-8-12-23-16)17(14)15-9-5-7-11-22-15/h5-13H,1-4H3. The number of furan rings is 1. The second-order valence-corrected chi connectivity index (χ2v) is 7.41. The summed E-state index contributed by atoms with van der Waals surface area (Å²) >= 11 is 0. The number of rotatable bonds is 3. The van der Waals surface area contributed by atoms with Gasteiger partial charge < -0.3 is 13.7 Å². The van der Waals surface area contributed by atoms with Crippen molar-refractivity contribution in [3.8, 4) is 22.7 Å². The van der Waals surface area contributed by atoms with Crippen molar-refractivity contribution >= 4 is 12.6 Å². The molecule has 0 amide bonds. The van der Waals surface area contributed by atoms with Gasteiger partial charge in [-0.05, 0) is 52.0 Å².